The summed E-state index contributed by atoms with van der Waals surface area (Å²) in [6.45, 7) is 19.6. The van der Waals surface area contributed by atoms with E-state index in [1.165, 1.54) is 25.0 Å². The lowest BCUT2D eigenvalue weighted by Gasteiger charge is -2.30. The van der Waals surface area contributed by atoms with Crippen molar-refractivity contribution < 1.29 is 60.3 Å². The van der Waals surface area contributed by atoms with Crippen molar-refractivity contribution in [2.75, 3.05) is 6.61 Å². The van der Waals surface area contributed by atoms with Crippen LogP contribution in [0.1, 0.15) is 224 Å². The molecule has 0 bridgehead atoms. The molecule has 0 aliphatic rings. The van der Waals surface area contributed by atoms with Crippen molar-refractivity contribution in [2.45, 2.75) is 269 Å². The van der Waals surface area contributed by atoms with E-state index >= 15 is 0 Å². The Morgan fingerprint density at radius 2 is 0.841 bits per heavy atom. The molecule has 8 unspecified atom stereocenters. The topological polar surface area (TPSA) is 225 Å². The monoisotopic (exact) mass is 899 g/mol. The Morgan fingerprint density at radius 3 is 1.25 bits per heavy atom. The Balaban J connectivity index is 4.46. The maximum absolute atomic E-state index is 12.0. The molecule has 0 radical (unpaired) electrons. The summed E-state index contributed by atoms with van der Waals surface area (Å²) in [5.74, 6) is -2.12. The van der Waals surface area contributed by atoms with E-state index in [1.807, 2.05) is 47.6 Å². The molecule has 370 valence electrons. The minimum absolute atomic E-state index is 0.231. The first kappa shape index (κ1) is 60.8. The van der Waals surface area contributed by atoms with Gasteiger partial charge in [-0.25, -0.2) is 0 Å². The molecule has 12 heteroatoms. The van der Waals surface area contributed by atoms with Gasteiger partial charge in [0.25, 0.3) is 0 Å². The normalized spacial score (nSPS) is 19.9. The number of ether oxygens (including phenoxy) is 1. The average Bonchev–Trinajstić information content (AvgIpc) is 3.08. The van der Waals surface area contributed by atoms with E-state index in [2.05, 4.69) is 32.9 Å². The number of carboxylic acid groups (broad SMARTS) is 1. The second-order valence-corrected chi connectivity index (χ2v) is 21.6. The number of aliphatic hydroxyl groups excluding tert-OH is 1. The van der Waals surface area contributed by atoms with Gasteiger partial charge in [-0.2, -0.15) is 0 Å². The average molecular weight is 899 g/mol. The van der Waals surface area contributed by atoms with Gasteiger partial charge >= 0.3 is 11.9 Å². The maximum atomic E-state index is 12.0. The lowest BCUT2D eigenvalue weighted by molar-refractivity contribution is -0.159. The molecule has 0 aromatic carbocycles. The molecule has 0 aromatic heterocycles. The van der Waals surface area contributed by atoms with Gasteiger partial charge in [-0.05, 0) is 211 Å². The quantitative estimate of drug-likeness (QED) is 0.0212. The fourth-order valence-corrected chi connectivity index (χ4v) is 8.07. The first-order valence-corrected chi connectivity index (χ1v) is 23.7. The van der Waals surface area contributed by atoms with Crippen molar-refractivity contribution in [1.82, 2.24) is 0 Å². The van der Waals surface area contributed by atoms with Crippen LogP contribution in [-0.2, 0) is 14.3 Å². The SMILES string of the molecule is CC(C)=CCCC(C)(O)CCCC(C)(O)CCCC(C)(O)CCCC(C)(O)CCCC(C)(O)CCC/C(C)=C/CC/C(C)=C/CCC(C)(O)C(O)COC(=O)CC(C)(O)CC(=O)O. The number of aliphatic hydroxyl groups is 8. The van der Waals surface area contributed by atoms with Gasteiger partial charge in [0.05, 0.1) is 52.0 Å². The van der Waals surface area contributed by atoms with Gasteiger partial charge in [0.15, 0.2) is 0 Å². The van der Waals surface area contributed by atoms with Crippen molar-refractivity contribution in [3.8, 4) is 0 Å². The highest BCUT2D eigenvalue weighted by molar-refractivity contribution is 5.73. The number of aliphatic carboxylic acids is 1. The summed E-state index contributed by atoms with van der Waals surface area (Å²) in [6, 6.07) is 0. The smallest absolute Gasteiger partial charge is 0.308 e. The van der Waals surface area contributed by atoms with Crippen LogP contribution in [0.4, 0.5) is 0 Å². The maximum Gasteiger partial charge on any atom is 0.308 e. The highest BCUT2D eigenvalue weighted by Crippen LogP contribution is 2.31. The van der Waals surface area contributed by atoms with Gasteiger partial charge < -0.3 is 50.7 Å². The van der Waals surface area contributed by atoms with Crippen molar-refractivity contribution in [2.24, 2.45) is 0 Å². The Morgan fingerprint density at radius 1 is 0.476 bits per heavy atom. The molecule has 0 saturated heterocycles. The van der Waals surface area contributed by atoms with E-state index < -0.39 is 76.7 Å². The van der Waals surface area contributed by atoms with Crippen LogP contribution in [0.25, 0.3) is 0 Å². The first-order chi connectivity index (χ1) is 28.7. The van der Waals surface area contributed by atoms with Crippen LogP contribution >= 0.6 is 0 Å². The number of carboxylic acids is 1. The number of rotatable bonds is 36. The zero-order valence-corrected chi connectivity index (χ0v) is 41.5. The first-order valence-electron chi connectivity index (χ1n) is 23.7. The van der Waals surface area contributed by atoms with E-state index in [-0.39, 0.29) is 6.42 Å². The molecule has 63 heavy (non-hydrogen) atoms. The Bertz CT molecular complexity index is 1410. The third kappa shape index (κ3) is 33.0. The van der Waals surface area contributed by atoms with Crippen molar-refractivity contribution >= 4 is 11.9 Å². The molecular formula is C51H94O12. The number of hydrogen-bond acceptors (Lipinski definition) is 11. The van der Waals surface area contributed by atoms with Gasteiger partial charge in [-0.15, -0.1) is 0 Å². The van der Waals surface area contributed by atoms with Crippen molar-refractivity contribution in [1.29, 1.82) is 0 Å². The summed E-state index contributed by atoms with van der Waals surface area (Å²) in [5.41, 5.74) is -3.86. The minimum atomic E-state index is -1.78. The summed E-state index contributed by atoms with van der Waals surface area (Å²) in [6.07, 6.45) is 17.6. The van der Waals surface area contributed by atoms with Crippen molar-refractivity contribution in [3.05, 3.63) is 34.9 Å². The Labute approximate surface area is 382 Å². The molecule has 0 aliphatic carbocycles. The largest absolute Gasteiger partial charge is 0.481 e. The summed E-state index contributed by atoms with van der Waals surface area (Å²) in [7, 11) is 0. The molecule has 0 rings (SSSR count). The molecule has 0 aromatic rings. The molecule has 0 fully saturated rings. The Hall–Kier alpha value is -2.16. The predicted octanol–water partition coefficient (Wildman–Crippen LogP) is 9.06. The molecule has 12 nitrogen and oxygen atoms in total. The standard InChI is InChI=1S/C51H94O12/c1-39(2)20-13-25-45(5,56)27-16-29-47(7,58)31-18-33-49(9,60)34-19-32-48(8,59)30-17-28-46(6,57)26-14-23-40(3)21-12-22-41(4)24-15-35-51(11,62)42(52)38-63-44(55)37-50(10,61)36-43(53)54/h20-21,24,42,52,56-62H,12-19,22-23,25-38H2,1-11H3,(H,53,54)/b40-21+,41-24+. The molecular weight excluding hydrogens is 805 g/mol. The lowest BCUT2D eigenvalue weighted by Crippen LogP contribution is -2.43. The highest BCUT2D eigenvalue weighted by atomic mass is 16.5. The van der Waals surface area contributed by atoms with E-state index in [0.29, 0.717) is 89.9 Å². The molecule has 9 N–H and O–H groups in total. The number of esters is 1. The minimum Gasteiger partial charge on any atom is -0.481 e. The van der Waals surface area contributed by atoms with Gasteiger partial charge in [-0.1, -0.05) is 34.9 Å². The zero-order chi connectivity index (χ0) is 48.8. The predicted molar refractivity (Wildman–Crippen MR) is 252 cm³/mol. The summed E-state index contributed by atoms with van der Waals surface area (Å²) in [5, 5.41) is 94.8. The van der Waals surface area contributed by atoms with Crippen LogP contribution in [0.15, 0.2) is 34.9 Å². The number of carbonyl (C=O) groups excluding carboxylic acids is 1. The third-order valence-corrected chi connectivity index (χ3v) is 12.6. The van der Waals surface area contributed by atoms with E-state index in [9.17, 15) is 50.4 Å². The van der Waals surface area contributed by atoms with Crippen LogP contribution in [-0.4, -0.2) is 110 Å². The molecule has 8 atom stereocenters. The molecule has 0 heterocycles. The van der Waals surface area contributed by atoms with Crippen molar-refractivity contribution in [3.63, 3.8) is 0 Å². The lowest BCUT2D eigenvalue weighted by atomic mass is 9.84. The fourth-order valence-electron chi connectivity index (χ4n) is 8.07. The molecule has 0 saturated carbocycles. The third-order valence-electron chi connectivity index (χ3n) is 12.6. The van der Waals surface area contributed by atoms with Gasteiger partial charge in [0.2, 0.25) is 0 Å². The van der Waals surface area contributed by atoms with Gasteiger partial charge in [0.1, 0.15) is 12.7 Å². The van der Waals surface area contributed by atoms with Crippen LogP contribution < -0.4 is 0 Å². The molecule has 0 aliphatic heterocycles. The summed E-state index contributed by atoms with van der Waals surface area (Å²) < 4.78 is 4.98. The van der Waals surface area contributed by atoms with E-state index in [1.54, 1.807) is 0 Å². The van der Waals surface area contributed by atoms with Gasteiger partial charge in [0, 0.05) is 0 Å². The summed E-state index contributed by atoms with van der Waals surface area (Å²) >= 11 is 0. The van der Waals surface area contributed by atoms with Crippen LogP contribution in [0.5, 0.6) is 0 Å². The van der Waals surface area contributed by atoms with E-state index in [0.717, 1.165) is 44.1 Å². The van der Waals surface area contributed by atoms with Crippen LogP contribution in [0, 0.1) is 0 Å². The summed E-state index contributed by atoms with van der Waals surface area (Å²) in [4.78, 5) is 22.8. The van der Waals surface area contributed by atoms with E-state index in [4.69, 9.17) is 9.84 Å². The van der Waals surface area contributed by atoms with Gasteiger partial charge in [-0.3, -0.25) is 9.59 Å². The van der Waals surface area contributed by atoms with Crippen LogP contribution in [0.3, 0.4) is 0 Å². The zero-order valence-electron chi connectivity index (χ0n) is 41.5. The molecule has 0 spiro atoms. The number of hydrogen-bond donors (Lipinski definition) is 9. The fraction of sp³-hybridized carbons (Fsp3) is 0.843. The second-order valence-electron chi connectivity index (χ2n) is 21.6. The van der Waals surface area contributed by atoms with Crippen LogP contribution in [0.2, 0.25) is 0 Å². The Kier molecular flexibility index (Phi) is 27.2. The number of carbonyl (C=O) groups is 2. The molecule has 0 amide bonds. The highest BCUT2D eigenvalue weighted by Gasteiger charge is 2.33. The number of allylic oxidation sites excluding steroid dienone is 6. The second kappa shape index (κ2) is 28.1.